The summed E-state index contributed by atoms with van der Waals surface area (Å²) in [6.07, 6.45) is 1.76. The van der Waals surface area contributed by atoms with E-state index in [0.29, 0.717) is 11.5 Å². The summed E-state index contributed by atoms with van der Waals surface area (Å²) in [4.78, 5) is 12.5. The lowest BCUT2D eigenvalue weighted by molar-refractivity contribution is 0.398. The molecule has 0 fully saturated rings. The molecule has 0 saturated carbocycles. The van der Waals surface area contributed by atoms with Crippen LogP contribution in [-0.2, 0) is 0 Å². The zero-order valence-corrected chi connectivity index (χ0v) is 13.2. The fourth-order valence-corrected chi connectivity index (χ4v) is 2.80. The molecule has 1 atom stereocenters. The number of benzene rings is 2. The van der Waals surface area contributed by atoms with Crippen LogP contribution in [0.2, 0.25) is 0 Å². The molecule has 0 aliphatic heterocycles. The molecular weight excluding hydrogens is 305 g/mol. The van der Waals surface area contributed by atoms with Gasteiger partial charge in [-0.1, -0.05) is 66.7 Å². The van der Waals surface area contributed by atoms with Crippen LogP contribution in [0.3, 0.4) is 0 Å². The third kappa shape index (κ3) is 2.95. The molecule has 0 radical (unpaired) electrons. The number of allylic oxidation sites excluding steroid dienone is 1. The fraction of sp³-hybridized carbons (Fsp3) is 0.150. The fourth-order valence-electron chi connectivity index (χ4n) is 2.80. The van der Waals surface area contributed by atoms with Crippen molar-refractivity contribution in [2.75, 3.05) is 6.67 Å². The van der Waals surface area contributed by atoms with E-state index in [9.17, 15) is 9.18 Å². The van der Waals surface area contributed by atoms with Gasteiger partial charge in [0.05, 0.1) is 18.4 Å². The second-order valence-electron chi connectivity index (χ2n) is 5.43. The highest BCUT2D eigenvalue weighted by atomic mass is 19.1. The van der Waals surface area contributed by atoms with Gasteiger partial charge in [-0.2, -0.15) is 0 Å². The topological polar surface area (TPSA) is 35.1 Å². The Bertz CT molecular complexity index is 866. The number of hydrogen-bond donors (Lipinski definition) is 0. The number of oxazole rings is 1. The van der Waals surface area contributed by atoms with E-state index in [-0.39, 0.29) is 6.42 Å². The molecule has 1 heterocycles. The third-order valence-corrected chi connectivity index (χ3v) is 3.93. The summed E-state index contributed by atoms with van der Waals surface area (Å²) in [7, 11) is 0. The zero-order valence-electron chi connectivity index (χ0n) is 13.2. The first-order chi connectivity index (χ1) is 11.8. The van der Waals surface area contributed by atoms with Crippen molar-refractivity contribution < 1.29 is 8.81 Å². The van der Waals surface area contributed by atoms with Crippen LogP contribution in [0.15, 0.2) is 82.5 Å². The summed E-state index contributed by atoms with van der Waals surface area (Å²) in [5, 5.41) is 0. The molecule has 0 saturated heterocycles. The van der Waals surface area contributed by atoms with E-state index in [1.807, 2.05) is 60.7 Å². The number of alkyl halides is 1. The monoisotopic (exact) mass is 323 g/mol. The summed E-state index contributed by atoms with van der Waals surface area (Å²) in [6.45, 7) is 3.21. The second-order valence-corrected chi connectivity index (χ2v) is 5.43. The predicted octanol–water partition coefficient (Wildman–Crippen LogP) is 4.86. The van der Waals surface area contributed by atoms with Crippen molar-refractivity contribution in [1.29, 1.82) is 0 Å². The van der Waals surface area contributed by atoms with Gasteiger partial charge in [0.15, 0.2) is 5.76 Å². The van der Waals surface area contributed by atoms with Crippen molar-refractivity contribution in [1.82, 2.24) is 4.57 Å². The highest BCUT2D eigenvalue weighted by molar-refractivity contribution is 5.77. The lowest BCUT2D eigenvalue weighted by atomic mass is 10.0. The molecule has 1 aromatic heterocycles. The third-order valence-electron chi connectivity index (χ3n) is 3.93. The van der Waals surface area contributed by atoms with Gasteiger partial charge >= 0.3 is 5.76 Å². The first-order valence-electron chi connectivity index (χ1n) is 7.81. The normalized spacial score (nSPS) is 12.0. The van der Waals surface area contributed by atoms with Crippen molar-refractivity contribution >= 4 is 0 Å². The van der Waals surface area contributed by atoms with Gasteiger partial charge < -0.3 is 4.42 Å². The van der Waals surface area contributed by atoms with Crippen molar-refractivity contribution in [2.45, 2.75) is 12.5 Å². The maximum Gasteiger partial charge on any atom is 0.420 e. The smallest absolute Gasteiger partial charge is 0.407 e. The highest BCUT2D eigenvalue weighted by Crippen LogP contribution is 2.34. The van der Waals surface area contributed by atoms with Crippen LogP contribution < -0.4 is 5.76 Å². The lowest BCUT2D eigenvalue weighted by Crippen LogP contribution is -2.20. The Hall–Kier alpha value is -2.88. The maximum atomic E-state index is 12.9. The minimum atomic E-state index is -0.538. The molecule has 0 N–H and O–H groups in total. The van der Waals surface area contributed by atoms with Crippen LogP contribution >= 0.6 is 0 Å². The van der Waals surface area contributed by atoms with Crippen molar-refractivity contribution in [3.63, 3.8) is 0 Å². The Morgan fingerprint density at radius 3 is 2.17 bits per heavy atom. The average Bonchev–Trinajstić information content (AvgIpc) is 2.98. The summed E-state index contributed by atoms with van der Waals surface area (Å²) < 4.78 is 20.0. The van der Waals surface area contributed by atoms with Gasteiger partial charge in [0.25, 0.3) is 0 Å². The molecule has 0 aliphatic carbocycles. The zero-order chi connectivity index (χ0) is 16.9. The standard InChI is InChI=1S/C20H18FNO2/c1-2-17(13-14-21)22-18(15-9-5-3-6-10-15)19(24-20(22)23)16-11-7-4-8-12-16/h2-12,17H,1,13-14H2/t17-/m0/s1. The van der Waals surface area contributed by atoms with Gasteiger partial charge in [-0.15, -0.1) is 6.58 Å². The van der Waals surface area contributed by atoms with Crippen molar-refractivity contribution in [2.24, 2.45) is 0 Å². The highest BCUT2D eigenvalue weighted by Gasteiger charge is 2.23. The summed E-state index contributed by atoms with van der Waals surface area (Å²) in [5.41, 5.74) is 2.29. The van der Waals surface area contributed by atoms with E-state index in [4.69, 9.17) is 4.42 Å². The van der Waals surface area contributed by atoms with Gasteiger partial charge in [-0.05, 0) is 0 Å². The molecule has 3 nitrogen and oxygen atoms in total. The van der Waals surface area contributed by atoms with Crippen LogP contribution in [0.4, 0.5) is 4.39 Å². The molecule has 0 spiro atoms. The quantitative estimate of drug-likeness (QED) is 0.607. The van der Waals surface area contributed by atoms with Crippen LogP contribution in [0.1, 0.15) is 12.5 Å². The summed E-state index contributed by atoms with van der Waals surface area (Å²) in [5.74, 6) is -0.0245. The molecule has 0 amide bonds. The SMILES string of the molecule is C=C[C@@H](CCF)n1c(-c2ccccc2)c(-c2ccccc2)oc1=O. The van der Waals surface area contributed by atoms with E-state index < -0.39 is 18.5 Å². The molecule has 2 aromatic carbocycles. The maximum absolute atomic E-state index is 12.9. The average molecular weight is 323 g/mol. The summed E-state index contributed by atoms with van der Waals surface area (Å²) >= 11 is 0. The van der Waals surface area contributed by atoms with Crippen LogP contribution in [0.25, 0.3) is 22.6 Å². The number of halogens is 1. The Morgan fingerprint density at radius 1 is 1.04 bits per heavy atom. The van der Waals surface area contributed by atoms with E-state index in [0.717, 1.165) is 11.1 Å². The Kier molecular flexibility index (Phi) is 4.75. The summed E-state index contributed by atoms with van der Waals surface area (Å²) in [6, 6.07) is 18.5. The van der Waals surface area contributed by atoms with Gasteiger partial charge in [-0.3, -0.25) is 8.96 Å². The molecule has 4 heteroatoms. The number of nitrogens with zero attached hydrogens (tertiary/aromatic N) is 1. The van der Waals surface area contributed by atoms with Gasteiger partial charge in [-0.25, -0.2) is 4.79 Å². The molecule has 3 rings (SSSR count). The van der Waals surface area contributed by atoms with E-state index >= 15 is 0 Å². The lowest BCUT2D eigenvalue weighted by Gasteiger charge is -2.15. The van der Waals surface area contributed by atoms with Gasteiger partial charge in [0.1, 0.15) is 0 Å². The largest absolute Gasteiger partial charge is 0.420 e. The molecule has 0 unspecified atom stereocenters. The van der Waals surface area contributed by atoms with Gasteiger partial charge in [0.2, 0.25) is 0 Å². The van der Waals surface area contributed by atoms with Crippen LogP contribution in [0.5, 0.6) is 0 Å². The molecule has 3 aromatic rings. The first kappa shape index (κ1) is 16.0. The second kappa shape index (κ2) is 7.13. The Labute approximate surface area is 139 Å². The van der Waals surface area contributed by atoms with Crippen LogP contribution in [-0.4, -0.2) is 11.2 Å². The minimum Gasteiger partial charge on any atom is -0.407 e. The Morgan fingerprint density at radius 2 is 1.62 bits per heavy atom. The molecule has 0 aliphatic rings. The molecule has 122 valence electrons. The number of hydrogen-bond acceptors (Lipinski definition) is 2. The minimum absolute atomic E-state index is 0.178. The Balaban J connectivity index is 2.28. The van der Waals surface area contributed by atoms with E-state index in [2.05, 4.69) is 6.58 Å². The van der Waals surface area contributed by atoms with Gasteiger partial charge in [0, 0.05) is 17.5 Å². The number of aromatic nitrogens is 1. The number of rotatable bonds is 6. The molecule has 24 heavy (non-hydrogen) atoms. The van der Waals surface area contributed by atoms with Crippen molar-refractivity contribution in [3.8, 4) is 22.6 Å². The van der Waals surface area contributed by atoms with E-state index in [1.54, 1.807) is 6.08 Å². The van der Waals surface area contributed by atoms with Crippen molar-refractivity contribution in [3.05, 3.63) is 83.9 Å². The molecule has 0 bridgehead atoms. The first-order valence-corrected chi connectivity index (χ1v) is 7.81. The van der Waals surface area contributed by atoms with E-state index in [1.165, 1.54) is 4.57 Å². The molecular formula is C20H18FNO2. The van der Waals surface area contributed by atoms with Crippen LogP contribution in [0, 0.1) is 0 Å². The predicted molar refractivity (Wildman–Crippen MR) is 93.7 cm³/mol.